The molecule has 0 radical (unpaired) electrons. The van der Waals surface area contributed by atoms with E-state index in [-0.39, 0.29) is 17.9 Å². The average molecular weight is 509 g/mol. The number of carbonyl (C=O) groups is 1. The Balaban J connectivity index is 2.07. The number of allylic oxidation sites excluding steroid dienone is 1. The van der Waals surface area contributed by atoms with Crippen LogP contribution in [0.2, 0.25) is 0 Å². The van der Waals surface area contributed by atoms with Crippen LogP contribution in [0.25, 0.3) is 6.08 Å². The summed E-state index contributed by atoms with van der Waals surface area (Å²) in [5.74, 6) is 0.581. The molecule has 0 saturated heterocycles. The zero-order chi connectivity index (χ0) is 25.8. The fourth-order valence-corrected chi connectivity index (χ4v) is 5.23. The molecule has 4 rings (SSSR count). The van der Waals surface area contributed by atoms with Crippen molar-refractivity contribution in [3.63, 3.8) is 0 Å². The highest BCUT2D eigenvalue weighted by atomic mass is 32.1. The monoisotopic (exact) mass is 508 g/mol. The minimum atomic E-state index is -0.835. The number of phenolic OH excluding ortho intramolecular Hbond substituents is 1. The van der Waals surface area contributed by atoms with E-state index in [1.807, 2.05) is 6.92 Å². The summed E-state index contributed by atoms with van der Waals surface area (Å²) in [6.07, 6.45) is 2.91. The minimum Gasteiger partial charge on any atom is -0.507 e. The van der Waals surface area contributed by atoms with E-state index in [1.165, 1.54) is 23.0 Å². The summed E-state index contributed by atoms with van der Waals surface area (Å²) in [5, 5.41) is 10.2. The maximum atomic E-state index is 13.8. The van der Waals surface area contributed by atoms with Crippen LogP contribution in [0.1, 0.15) is 43.9 Å². The van der Waals surface area contributed by atoms with Gasteiger partial charge in [0.25, 0.3) is 5.56 Å². The fraction of sp³-hybridized carbons (Fsp3) is 0.296. The number of hydrogen-bond donors (Lipinski definition) is 1. The highest BCUT2D eigenvalue weighted by Crippen LogP contribution is 2.38. The molecule has 0 unspecified atom stereocenters. The normalized spacial score (nSPS) is 15.3. The third-order valence-electron chi connectivity index (χ3n) is 5.85. The third kappa shape index (κ3) is 4.66. The Kier molecular flexibility index (Phi) is 7.59. The average Bonchev–Trinajstić information content (AvgIpc) is 3.19. The summed E-state index contributed by atoms with van der Waals surface area (Å²) in [4.78, 5) is 32.3. The van der Waals surface area contributed by atoms with Crippen LogP contribution in [0.5, 0.6) is 17.2 Å². The molecule has 0 fully saturated rings. The molecule has 1 aliphatic rings. The molecular weight excluding hydrogens is 480 g/mol. The number of esters is 1. The number of para-hydroxylation sites is 1. The van der Waals surface area contributed by atoms with Gasteiger partial charge < -0.3 is 19.3 Å². The third-order valence-corrected chi connectivity index (χ3v) is 6.83. The molecule has 3 aromatic rings. The number of phenols is 1. The van der Waals surface area contributed by atoms with Gasteiger partial charge in [-0.05, 0) is 43.7 Å². The van der Waals surface area contributed by atoms with Gasteiger partial charge in [0.05, 0.1) is 36.6 Å². The van der Waals surface area contributed by atoms with Crippen LogP contribution in [0.4, 0.5) is 0 Å². The predicted molar refractivity (Wildman–Crippen MR) is 137 cm³/mol. The van der Waals surface area contributed by atoms with Crippen molar-refractivity contribution in [2.24, 2.45) is 4.99 Å². The molecule has 1 atom stereocenters. The molecule has 1 aliphatic heterocycles. The molecule has 36 heavy (non-hydrogen) atoms. The van der Waals surface area contributed by atoms with Crippen molar-refractivity contribution in [1.29, 1.82) is 0 Å². The lowest BCUT2D eigenvalue weighted by atomic mass is 9.93. The van der Waals surface area contributed by atoms with Crippen molar-refractivity contribution in [3.8, 4) is 17.2 Å². The number of fused-ring (bicyclic) bond motifs is 1. The van der Waals surface area contributed by atoms with Gasteiger partial charge in [0.1, 0.15) is 23.3 Å². The lowest BCUT2D eigenvalue weighted by molar-refractivity contribution is -0.139. The van der Waals surface area contributed by atoms with E-state index >= 15 is 0 Å². The molecule has 1 N–H and O–H groups in total. The molecule has 0 aliphatic carbocycles. The molecular formula is C27H28N2O6S. The highest BCUT2D eigenvalue weighted by Gasteiger charge is 2.36. The number of aromatic nitrogens is 1. The van der Waals surface area contributed by atoms with Crippen molar-refractivity contribution in [1.82, 2.24) is 4.57 Å². The Morgan fingerprint density at radius 1 is 1.17 bits per heavy atom. The van der Waals surface area contributed by atoms with Gasteiger partial charge >= 0.3 is 5.97 Å². The SMILES string of the molecule is CCCC1=C(C(=O)OCC)[C@H](c2cc(OC)ccc2OC)n2c(s/c(=C/c3ccccc3O)c2=O)=N1. The van der Waals surface area contributed by atoms with Gasteiger partial charge in [-0.25, -0.2) is 9.79 Å². The molecule has 2 aromatic carbocycles. The molecule has 0 amide bonds. The number of aromatic hydroxyl groups is 1. The Labute approximate surface area is 212 Å². The van der Waals surface area contributed by atoms with Crippen LogP contribution < -0.4 is 24.4 Å². The molecule has 9 heteroatoms. The molecule has 1 aromatic heterocycles. The van der Waals surface area contributed by atoms with Crippen molar-refractivity contribution in [2.45, 2.75) is 32.7 Å². The number of nitrogens with zero attached hydrogens (tertiary/aromatic N) is 2. The standard InChI is InChI=1S/C27H28N2O6S/c1-5-9-19-23(26(32)35-6-2)24(18-15-17(33-3)12-13-21(18)34-4)29-25(31)22(36-27(29)28-19)14-16-10-7-8-11-20(16)30/h7-8,10-15,24,30H,5-6,9H2,1-4H3/b22-14+/t24-/m0/s1. The fourth-order valence-electron chi connectivity index (χ4n) is 4.22. The zero-order valence-corrected chi connectivity index (χ0v) is 21.4. The second kappa shape index (κ2) is 10.8. The summed E-state index contributed by atoms with van der Waals surface area (Å²) in [5.41, 5.74) is 1.62. The molecule has 0 bridgehead atoms. The number of thiazole rings is 1. The van der Waals surface area contributed by atoms with E-state index in [0.29, 0.717) is 49.7 Å². The number of rotatable bonds is 8. The smallest absolute Gasteiger partial charge is 0.338 e. The van der Waals surface area contributed by atoms with Crippen molar-refractivity contribution in [3.05, 3.63) is 84.5 Å². The first-order chi connectivity index (χ1) is 17.4. The highest BCUT2D eigenvalue weighted by molar-refractivity contribution is 7.07. The lowest BCUT2D eigenvalue weighted by Gasteiger charge is -2.27. The van der Waals surface area contributed by atoms with E-state index < -0.39 is 12.0 Å². The van der Waals surface area contributed by atoms with Crippen molar-refractivity contribution >= 4 is 23.4 Å². The van der Waals surface area contributed by atoms with Crippen LogP contribution >= 0.6 is 11.3 Å². The Hall–Kier alpha value is -3.85. The Morgan fingerprint density at radius 3 is 2.61 bits per heavy atom. The predicted octanol–water partition coefficient (Wildman–Crippen LogP) is 3.30. The van der Waals surface area contributed by atoms with Crippen LogP contribution in [0.15, 0.2) is 63.5 Å². The van der Waals surface area contributed by atoms with Gasteiger partial charge in [-0.1, -0.05) is 42.9 Å². The Morgan fingerprint density at radius 2 is 1.94 bits per heavy atom. The summed E-state index contributed by atoms with van der Waals surface area (Å²) >= 11 is 1.20. The number of carbonyl (C=O) groups excluding carboxylic acids is 1. The van der Waals surface area contributed by atoms with Crippen LogP contribution in [0.3, 0.4) is 0 Å². The van der Waals surface area contributed by atoms with Gasteiger partial charge in [-0.3, -0.25) is 9.36 Å². The van der Waals surface area contributed by atoms with Gasteiger partial charge in [0.15, 0.2) is 4.80 Å². The molecule has 2 heterocycles. The van der Waals surface area contributed by atoms with E-state index in [9.17, 15) is 14.7 Å². The molecule has 0 saturated carbocycles. The van der Waals surface area contributed by atoms with Crippen LogP contribution in [-0.4, -0.2) is 36.5 Å². The maximum absolute atomic E-state index is 13.8. The van der Waals surface area contributed by atoms with Crippen LogP contribution in [-0.2, 0) is 9.53 Å². The minimum absolute atomic E-state index is 0.0632. The quantitative estimate of drug-likeness (QED) is 0.469. The summed E-state index contributed by atoms with van der Waals surface area (Å²) in [6, 6.07) is 11.2. The maximum Gasteiger partial charge on any atom is 0.338 e. The van der Waals surface area contributed by atoms with Gasteiger partial charge in [-0.2, -0.15) is 0 Å². The summed E-state index contributed by atoms with van der Waals surface area (Å²) in [7, 11) is 3.09. The molecule has 8 nitrogen and oxygen atoms in total. The van der Waals surface area contributed by atoms with Gasteiger partial charge in [0, 0.05) is 11.1 Å². The molecule has 188 valence electrons. The number of hydrogen-bond acceptors (Lipinski definition) is 8. The Bertz CT molecular complexity index is 1500. The van der Waals surface area contributed by atoms with Gasteiger partial charge in [0.2, 0.25) is 0 Å². The van der Waals surface area contributed by atoms with Crippen molar-refractivity contribution < 1.29 is 24.1 Å². The number of methoxy groups -OCH3 is 2. The first-order valence-electron chi connectivity index (χ1n) is 11.6. The van der Waals surface area contributed by atoms with Crippen LogP contribution in [0, 0.1) is 0 Å². The number of benzene rings is 2. The second-order valence-corrected chi connectivity index (χ2v) is 9.09. The van der Waals surface area contributed by atoms with E-state index in [1.54, 1.807) is 62.6 Å². The van der Waals surface area contributed by atoms with E-state index in [0.717, 1.165) is 6.42 Å². The zero-order valence-electron chi connectivity index (χ0n) is 20.6. The second-order valence-electron chi connectivity index (χ2n) is 8.08. The lowest BCUT2D eigenvalue weighted by Crippen LogP contribution is -2.40. The first kappa shape index (κ1) is 25.2. The first-order valence-corrected chi connectivity index (χ1v) is 12.5. The summed E-state index contributed by atoms with van der Waals surface area (Å²) in [6.45, 7) is 3.92. The van der Waals surface area contributed by atoms with E-state index in [2.05, 4.69) is 0 Å². The number of ether oxygens (including phenoxy) is 3. The van der Waals surface area contributed by atoms with Crippen molar-refractivity contribution in [2.75, 3.05) is 20.8 Å². The molecule has 0 spiro atoms. The summed E-state index contributed by atoms with van der Waals surface area (Å²) < 4.78 is 18.4. The topological polar surface area (TPSA) is 99.4 Å². The van der Waals surface area contributed by atoms with E-state index in [4.69, 9.17) is 19.2 Å². The largest absolute Gasteiger partial charge is 0.507 e. The van der Waals surface area contributed by atoms with Gasteiger partial charge in [-0.15, -0.1) is 0 Å².